The van der Waals surface area contributed by atoms with Crippen LogP contribution >= 0.6 is 0 Å². The molecule has 0 aromatic rings. The van der Waals surface area contributed by atoms with Gasteiger partial charge in [-0.2, -0.15) is 13.1 Å². The van der Waals surface area contributed by atoms with E-state index in [1.54, 1.807) is 0 Å². The van der Waals surface area contributed by atoms with Gasteiger partial charge in [0.25, 0.3) is 10.2 Å². The molecular formula is C9H20N2O4S. The second kappa shape index (κ2) is 5.92. The highest BCUT2D eigenvalue weighted by molar-refractivity contribution is 7.87. The van der Waals surface area contributed by atoms with Crippen molar-refractivity contribution >= 4 is 10.2 Å². The van der Waals surface area contributed by atoms with Crippen molar-refractivity contribution in [2.24, 2.45) is 5.41 Å². The first-order valence-corrected chi connectivity index (χ1v) is 6.86. The van der Waals surface area contributed by atoms with Crippen LogP contribution < -0.4 is 9.44 Å². The highest BCUT2D eigenvalue weighted by atomic mass is 32.2. The van der Waals surface area contributed by atoms with Crippen LogP contribution in [0.1, 0.15) is 19.3 Å². The van der Waals surface area contributed by atoms with Crippen LogP contribution in [0.4, 0.5) is 0 Å². The van der Waals surface area contributed by atoms with E-state index in [1.165, 1.54) is 7.11 Å². The Labute approximate surface area is 96.6 Å². The van der Waals surface area contributed by atoms with Crippen LogP contribution in [-0.4, -0.2) is 46.9 Å². The average molecular weight is 252 g/mol. The van der Waals surface area contributed by atoms with Crippen molar-refractivity contribution in [2.45, 2.75) is 19.3 Å². The smallest absolute Gasteiger partial charge is 0.277 e. The van der Waals surface area contributed by atoms with Gasteiger partial charge in [-0.15, -0.1) is 0 Å². The number of nitrogens with one attached hydrogen (secondary N) is 2. The zero-order valence-electron chi connectivity index (χ0n) is 9.53. The van der Waals surface area contributed by atoms with Crippen molar-refractivity contribution < 1.29 is 18.3 Å². The maximum Gasteiger partial charge on any atom is 0.277 e. The molecule has 0 aliphatic heterocycles. The molecule has 1 aliphatic carbocycles. The molecule has 1 fully saturated rings. The predicted molar refractivity (Wildman–Crippen MR) is 60.2 cm³/mol. The first kappa shape index (κ1) is 13.9. The largest absolute Gasteiger partial charge is 0.396 e. The molecule has 96 valence electrons. The highest BCUT2D eigenvalue weighted by Gasteiger charge is 2.42. The van der Waals surface area contributed by atoms with Crippen LogP contribution in [0.5, 0.6) is 0 Å². The average Bonchev–Trinajstić information content (AvgIpc) is 2.97. The Bertz CT molecular complexity index is 301. The Hall–Kier alpha value is -0.210. The van der Waals surface area contributed by atoms with Gasteiger partial charge in [-0.25, -0.2) is 4.72 Å². The lowest BCUT2D eigenvalue weighted by Gasteiger charge is -2.14. The SMILES string of the molecule is COCCNS(=O)(=O)NCC1(CCO)CC1. The van der Waals surface area contributed by atoms with Crippen molar-refractivity contribution in [3.05, 3.63) is 0 Å². The van der Waals surface area contributed by atoms with E-state index in [9.17, 15) is 8.42 Å². The summed E-state index contributed by atoms with van der Waals surface area (Å²) in [6.07, 6.45) is 2.62. The van der Waals surface area contributed by atoms with Crippen LogP contribution in [0.15, 0.2) is 0 Å². The maximum absolute atomic E-state index is 11.4. The van der Waals surface area contributed by atoms with E-state index in [-0.39, 0.29) is 18.6 Å². The molecule has 0 atom stereocenters. The van der Waals surface area contributed by atoms with E-state index in [0.717, 1.165) is 12.8 Å². The molecule has 1 aliphatic rings. The van der Waals surface area contributed by atoms with Crippen molar-refractivity contribution in [3.8, 4) is 0 Å². The number of aliphatic hydroxyl groups excluding tert-OH is 1. The maximum atomic E-state index is 11.4. The Morgan fingerprint density at radius 3 is 2.56 bits per heavy atom. The molecule has 3 N–H and O–H groups in total. The first-order valence-electron chi connectivity index (χ1n) is 5.38. The molecule has 0 radical (unpaired) electrons. The second-order valence-corrected chi connectivity index (χ2v) is 5.77. The van der Waals surface area contributed by atoms with Gasteiger partial charge in [0.05, 0.1) is 6.61 Å². The van der Waals surface area contributed by atoms with Crippen LogP contribution in [0, 0.1) is 5.41 Å². The predicted octanol–water partition coefficient (Wildman–Crippen LogP) is -0.781. The fourth-order valence-electron chi connectivity index (χ4n) is 1.51. The van der Waals surface area contributed by atoms with Crippen LogP contribution in [-0.2, 0) is 14.9 Å². The van der Waals surface area contributed by atoms with E-state index >= 15 is 0 Å². The van der Waals surface area contributed by atoms with E-state index in [2.05, 4.69) is 9.44 Å². The van der Waals surface area contributed by atoms with Crippen molar-refractivity contribution in [1.82, 2.24) is 9.44 Å². The molecule has 0 aromatic carbocycles. The Kier molecular flexibility index (Phi) is 5.13. The summed E-state index contributed by atoms with van der Waals surface area (Å²) in [4.78, 5) is 0. The Balaban J connectivity index is 2.25. The fourth-order valence-corrected chi connectivity index (χ4v) is 2.46. The number of hydrogen-bond donors (Lipinski definition) is 3. The lowest BCUT2D eigenvalue weighted by molar-refractivity contribution is 0.204. The summed E-state index contributed by atoms with van der Waals surface area (Å²) in [7, 11) is -1.91. The molecule has 0 spiro atoms. The lowest BCUT2D eigenvalue weighted by atomic mass is 10.0. The van der Waals surface area contributed by atoms with Crippen LogP contribution in [0.3, 0.4) is 0 Å². The van der Waals surface area contributed by atoms with Gasteiger partial charge in [0.2, 0.25) is 0 Å². The van der Waals surface area contributed by atoms with Crippen LogP contribution in [0.2, 0.25) is 0 Å². The van der Waals surface area contributed by atoms with Crippen molar-refractivity contribution in [2.75, 3.05) is 33.4 Å². The van der Waals surface area contributed by atoms with E-state index in [1.807, 2.05) is 0 Å². The minimum atomic E-state index is -3.43. The Morgan fingerprint density at radius 2 is 2.06 bits per heavy atom. The summed E-state index contributed by atoms with van der Waals surface area (Å²) in [5, 5.41) is 8.84. The molecule has 0 unspecified atom stereocenters. The van der Waals surface area contributed by atoms with E-state index in [0.29, 0.717) is 19.6 Å². The minimum absolute atomic E-state index is 0.00917. The molecule has 0 aromatic heterocycles. The number of hydrogen-bond acceptors (Lipinski definition) is 4. The number of rotatable bonds is 9. The molecule has 1 saturated carbocycles. The summed E-state index contributed by atoms with van der Waals surface area (Å²) in [6.45, 7) is 1.12. The monoisotopic (exact) mass is 252 g/mol. The van der Waals surface area contributed by atoms with Gasteiger partial charge >= 0.3 is 0 Å². The lowest BCUT2D eigenvalue weighted by Crippen LogP contribution is -2.41. The highest BCUT2D eigenvalue weighted by Crippen LogP contribution is 2.47. The molecule has 1 rings (SSSR count). The molecule has 0 bridgehead atoms. The number of aliphatic hydroxyl groups is 1. The summed E-state index contributed by atoms with van der Waals surface area (Å²) in [6, 6.07) is 0. The molecular weight excluding hydrogens is 232 g/mol. The minimum Gasteiger partial charge on any atom is -0.396 e. The second-order valence-electron chi connectivity index (χ2n) is 4.19. The van der Waals surface area contributed by atoms with E-state index < -0.39 is 10.2 Å². The normalized spacial score (nSPS) is 18.6. The molecule has 0 heterocycles. The van der Waals surface area contributed by atoms with Crippen LogP contribution in [0.25, 0.3) is 0 Å². The van der Waals surface area contributed by atoms with Gasteiger partial charge in [-0.1, -0.05) is 0 Å². The standard InChI is InChI=1S/C9H20N2O4S/c1-15-7-5-10-16(13,14)11-8-9(2-3-9)4-6-12/h10-12H,2-8H2,1H3. The summed E-state index contributed by atoms with van der Waals surface area (Å²) >= 11 is 0. The van der Waals surface area contributed by atoms with Gasteiger partial charge in [0.15, 0.2) is 0 Å². The van der Waals surface area contributed by atoms with Gasteiger partial charge in [-0.3, -0.25) is 0 Å². The first-order chi connectivity index (χ1) is 7.54. The third-order valence-corrected chi connectivity index (χ3v) is 3.94. The Morgan fingerprint density at radius 1 is 1.38 bits per heavy atom. The van der Waals surface area contributed by atoms with Gasteiger partial charge < -0.3 is 9.84 Å². The molecule has 7 heteroatoms. The summed E-state index contributed by atoms with van der Waals surface area (Å²) in [5.74, 6) is 0. The summed E-state index contributed by atoms with van der Waals surface area (Å²) in [5.41, 5.74) is -0.00917. The number of methoxy groups -OCH3 is 1. The topological polar surface area (TPSA) is 87.7 Å². The summed E-state index contributed by atoms with van der Waals surface area (Å²) < 4.78 is 32.5. The zero-order chi connectivity index (χ0) is 12.1. The zero-order valence-corrected chi connectivity index (χ0v) is 10.3. The molecule has 16 heavy (non-hydrogen) atoms. The van der Waals surface area contributed by atoms with Crippen molar-refractivity contribution in [1.29, 1.82) is 0 Å². The third-order valence-electron chi connectivity index (χ3n) is 2.83. The van der Waals surface area contributed by atoms with Gasteiger partial charge in [-0.05, 0) is 24.7 Å². The molecule has 0 saturated heterocycles. The van der Waals surface area contributed by atoms with Gasteiger partial charge in [0, 0.05) is 26.8 Å². The number of ether oxygens (including phenoxy) is 1. The molecule has 6 nitrogen and oxygen atoms in total. The van der Waals surface area contributed by atoms with Gasteiger partial charge in [0.1, 0.15) is 0 Å². The third kappa shape index (κ3) is 4.75. The quantitative estimate of drug-likeness (QED) is 0.470. The molecule has 0 amide bonds. The fraction of sp³-hybridized carbons (Fsp3) is 1.00. The van der Waals surface area contributed by atoms with E-state index in [4.69, 9.17) is 9.84 Å². The van der Waals surface area contributed by atoms with Crippen molar-refractivity contribution in [3.63, 3.8) is 0 Å².